The topological polar surface area (TPSA) is 101 Å². The van der Waals surface area contributed by atoms with Gasteiger partial charge in [-0.25, -0.2) is 17.5 Å². The molecule has 2 aromatic carbocycles. The van der Waals surface area contributed by atoms with Gasteiger partial charge in [0.2, 0.25) is 10.0 Å². The Labute approximate surface area is 259 Å². The van der Waals surface area contributed by atoms with Crippen LogP contribution < -0.4 is 4.72 Å². The van der Waals surface area contributed by atoms with Crippen LogP contribution in [0.25, 0.3) is 5.57 Å². The van der Waals surface area contributed by atoms with Gasteiger partial charge in [-0.2, -0.15) is 0 Å². The van der Waals surface area contributed by atoms with Gasteiger partial charge in [0.25, 0.3) is 0 Å². The van der Waals surface area contributed by atoms with Gasteiger partial charge in [-0.15, -0.1) is 0 Å². The van der Waals surface area contributed by atoms with Crippen molar-refractivity contribution in [3.8, 4) is 0 Å². The summed E-state index contributed by atoms with van der Waals surface area (Å²) < 4.78 is 42.3. The molecule has 2 aromatic rings. The summed E-state index contributed by atoms with van der Waals surface area (Å²) in [4.78, 5) is 23.0. The van der Waals surface area contributed by atoms with E-state index in [0.29, 0.717) is 5.56 Å². The first-order chi connectivity index (χ1) is 14.8. The van der Waals surface area contributed by atoms with E-state index >= 15 is 0 Å². The summed E-state index contributed by atoms with van der Waals surface area (Å²) in [6, 6.07) is 12.0. The van der Waals surface area contributed by atoms with Crippen LogP contribution in [0.4, 0.5) is 4.39 Å². The van der Waals surface area contributed by atoms with Crippen LogP contribution in [0.3, 0.4) is 0 Å². The van der Waals surface area contributed by atoms with Gasteiger partial charge >= 0.3 is 5.97 Å². The maximum Gasteiger partial charge on any atom is 0.307 e. The average molecular weight is 656 g/mol. The number of benzene rings is 2. The van der Waals surface area contributed by atoms with Crippen LogP contribution in [0.15, 0.2) is 59.0 Å². The van der Waals surface area contributed by atoms with E-state index in [1.54, 1.807) is 51.1 Å². The Morgan fingerprint density at radius 1 is 0.971 bits per heavy atom. The van der Waals surface area contributed by atoms with Crippen molar-refractivity contribution in [2.75, 3.05) is 0 Å². The first kappa shape index (κ1) is 38.9. The van der Waals surface area contributed by atoms with Gasteiger partial charge in [0, 0.05) is 76.5 Å². The number of sulfonamides is 1. The van der Waals surface area contributed by atoms with E-state index in [2.05, 4.69) is 4.72 Å². The molecule has 0 aliphatic rings. The van der Waals surface area contributed by atoms with Crippen molar-refractivity contribution >= 4 is 27.3 Å². The largest absolute Gasteiger partial charge is 0.481 e. The zero-order valence-electron chi connectivity index (χ0n) is 21.3. The van der Waals surface area contributed by atoms with Crippen LogP contribution in [0.1, 0.15) is 59.1 Å². The van der Waals surface area contributed by atoms with Gasteiger partial charge in [0.05, 0.1) is 6.42 Å². The van der Waals surface area contributed by atoms with Crippen LogP contribution in [0.2, 0.25) is 0 Å². The van der Waals surface area contributed by atoms with Crippen molar-refractivity contribution in [2.24, 2.45) is 0 Å². The summed E-state index contributed by atoms with van der Waals surface area (Å²) in [5, 5.41) is 9.24. The molecule has 0 amide bonds. The van der Waals surface area contributed by atoms with Crippen molar-refractivity contribution in [2.45, 2.75) is 58.4 Å². The molecule has 0 aliphatic carbocycles. The number of ketones is 1. The van der Waals surface area contributed by atoms with Gasteiger partial charge in [-0.3, -0.25) is 9.59 Å². The van der Waals surface area contributed by atoms with Gasteiger partial charge < -0.3 is 12.5 Å². The number of rotatable bonds is 7. The molecule has 0 heterocycles. The van der Waals surface area contributed by atoms with Crippen molar-refractivity contribution in [3.63, 3.8) is 0 Å². The molecule has 0 aliphatic heterocycles. The number of hydrogen-bond donors (Lipinski definition) is 2. The molecule has 2 N–H and O–H groups in total. The molecule has 0 spiro atoms. The molecule has 0 fully saturated rings. The number of carboxylic acid groups (broad SMARTS) is 1. The van der Waals surface area contributed by atoms with E-state index in [4.69, 9.17) is 0 Å². The SMILES string of the molecule is CC.CC(=O)/C(CC(=O)O)=C(\c1ccccc1)c1ccc(S(=O)(=O)NC(C)(C)C)c(F)c1.[CH3-].[Y].[Y]. The van der Waals surface area contributed by atoms with Crippen molar-refractivity contribution < 1.29 is 92.9 Å². The van der Waals surface area contributed by atoms with Crippen molar-refractivity contribution in [3.05, 3.63) is 78.5 Å². The molecule has 0 saturated heterocycles. The van der Waals surface area contributed by atoms with E-state index in [1.165, 1.54) is 13.0 Å². The number of carbonyl (C=O) groups excluding carboxylic acids is 1. The van der Waals surface area contributed by atoms with Crippen LogP contribution >= 0.6 is 0 Å². The van der Waals surface area contributed by atoms with Gasteiger partial charge in [-0.05, 0) is 56.5 Å². The van der Waals surface area contributed by atoms with E-state index in [9.17, 15) is 27.5 Å². The fourth-order valence-corrected chi connectivity index (χ4v) is 4.47. The average Bonchev–Trinajstić information content (AvgIpc) is 2.67. The van der Waals surface area contributed by atoms with E-state index in [1.807, 2.05) is 13.8 Å². The third-order valence-electron chi connectivity index (χ3n) is 4.07. The third kappa shape index (κ3) is 12.0. The van der Waals surface area contributed by atoms with Gasteiger partial charge in [0.15, 0.2) is 5.78 Å². The number of aliphatic carboxylic acids is 1. The monoisotopic (exact) mass is 656 g/mol. The molecule has 35 heavy (non-hydrogen) atoms. The summed E-state index contributed by atoms with van der Waals surface area (Å²) in [5.74, 6) is -2.68. The van der Waals surface area contributed by atoms with Crippen LogP contribution in [-0.2, 0) is 85.0 Å². The summed E-state index contributed by atoms with van der Waals surface area (Å²) in [5.41, 5.74) is 0.169. The van der Waals surface area contributed by atoms with Crippen LogP contribution in [0, 0.1) is 13.2 Å². The standard InChI is InChI=1S/C22H24FNO5S.C2H6.CH3.2Y/c1-14(25)17(13-20(26)27)21(15-8-6-5-7-9-15)16-10-11-19(18(23)12-16)30(28,29)24-22(2,3)4;1-2;;;/h5-12,24H,13H2,1-4H3,(H,26,27);1-2H3;1H3;;/q;;-1;;/b21-17+;;;;. The van der Waals surface area contributed by atoms with Gasteiger partial charge in [-0.1, -0.05) is 50.2 Å². The maximum atomic E-state index is 14.9. The Morgan fingerprint density at radius 3 is 1.89 bits per heavy atom. The number of halogens is 1. The molecule has 0 bridgehead atoms. The second kappa shape index (κ2) is 17.0. The fraction of sp³-hybridized carbons (Fsp3) is 0.320. The number of carboxylic acids is 1. The zero-order valence-corrected chi connectivity index (χ0v) is 27.8. The molecule has 0 atom stereocenters. The Kier molecular flexibility index (Phi) is 18.9. The zero-order chi connectivity index (χ0) is 24.7. The maximum absolute atomic E-state index is 14.9. The molecule has 2 radical (unpaired) electrons. The molecule has 188 valence electrons. The molecule has 6 nitrogen and oxygen atoms in total. The molecule has 10 heteroatoms. The molecular formula is C25H33FNO5SY2-. The first-order valence-corrected chi connectivity index (χ1v) is 11.7. The number of nitrogens with one attached hydrogen (secondary N) is 1. The molecular weight excluding hydrogens is 623 g/mol. The predicted molar refractivity (Wildman–Crippen MR) is 130 cm³/mol. The van der Waals surface area contributed by atoms with Gasteiger partial charge in [0.1, 0.15) is 10.7 Å². The number of carbonyl (C=O) groups is 2. The van der Waals surface area contributed by atoms with E-state index in [0.717, 1.165) is 12.1 Å². The Balaban J connectivity index is -0.00000199. The molecule has 2 rings (SSSR count). The minimum atomic E-state index is -4.11. The molecule has 0 unspecified atom stereocenters. The normalized spacial score (nSPS) is 11.3. The predicted octanol–water partition coefficient (Wildman–Crippen LogP) is 5.24. The number of hydrogen-bond acceptors (Lipinski definition) is 4. The number of Topliss-reactive ketones (excluding diaryl/α,β-unsaturated/α-hetero) is 1. The quantitative estimate of drug-likeness (QED) is 0.314. The smallest absolute Gasteiger partial charge is 0.307 e. The minimum Gasteiger partial charge on any atom is -0.481 e. The Morgan fingerprint density at radius 2 is 1.49 bits per heavy atom. The first-order valence-electron chi connectivity index (χ1n) is 10.2. The second-order valence-electron chi connectivity index (χ2n) is 7.85. The van der Waals surface area contributed by atoms with Crippen LogP contribution in [-0.4, -0.2) is 30.8 Å². The molecule has 0 aromatic heterocycles. The van der Waals surface area contributed by atoms with Crippen molar-refractivity contribution in [1.29, 1.82) is 0 Å². The Bertz CT molecular complexity index is 1110. The summed E-state index contributed by atoms with van der Waals surface area (Å²) in [7, 11) is -4.11. The van der Waals surface area contributed by atoms with Crippen LogP contribution in [0.5, 0.6) is 0 Å². The fourth-order valence-electron chi connectivity index (χ4n) is 2.99. The minimum absolute atomic E-state index is 0. The summed E-state index contributed by atoms with van der Waals surface area (Å²) in [6.45, 7) is 10.2. The summed E-state index contributed by atoms with van der Waals surface area (Å²) in [6.07, 6.45) is -0.549. The van der Waals surface area contributed by atoms with Crippen molar-refractivity contribution in [1.82, 2.24) is 4.72 Å². The van der Waals surface area contributed by atoms with E-state index < -0.39 is 44.4 Å². The second-order valence-corrected chi connectivity index (χ2v) is 9.50. The third-order valence-corrected chi connectivity index (χ3v) is 5.86. The Hall–Kier alpha value is -0.632. The van der Waals surface area contributed by atoms with E-state index in [-0.39, 0.29) is 89.6 Å². The summed E-state index contributed by atoms with van der Waals surface area (Å²) >= 11 is 0. The molecule has 0 saturated carbocycles.